The molecule has 5 rings (SSSR count). The molecule has 2 aromatic rings. The van der Waals surface area contributed by atoms with Gasteiger partial charge in [-0.1, -0.05) is 67.9 Å². The number of anilines is 2. The lowest BCUT2D eigenvalue weighted by Gasteiger charge is -2.41. The van der Waals surface area contributed by atoms with E-state index in [-0.39, 0.29) is 36.8 Å². The van der Waals surface area contributed by atoms with Crippen molar-refractivity contribution < 1.29 is 19.5 Å². The number of carbonyl (C=O) groups excluding carboxylic acids is 3. The van der Waals surface area contributed by atoms with Gasteiger partial charge in [0.15, 0.2) is 0 Å². The molecule has 7 nitrogen and oxygen atoms in total. The van der Waals surface area contributed by atoms with Crippen LogP contribution in [0.2, 0.25) is 5.02 Å². The molecule has 9 heteroatoms. The third-order valence-electron chi connectivity index (χ3n) is 9.71. The first-order chi connectivity index (χ1) is 21.0. The van der Waals surface area contributed by atoms with Gasteiger partial charge in [-0.25, -0.2) is 0 Å². The number of rotatable bonds is 11. The third kappa shape index (κ3) is 4.99. The van der Waals surface area contributed by atoms with Crippen LogP contribution in [0, 0.1) is 24.7 Å². The zero-order chi connectivity index (χ0) is 32.0. The Morgan fingerprint density at radius 3 is 2.32 bits per heavy atom. The van der Waals surface area contributed by atoms with E-state index in [1.54, 1.807) is 44.7 Å². The predicted octanol–water partition coefficient (Wildman–Crippen LogP) is 5.88. The predicted molar refractivity (Wildman–Crippen MR) is 179 cm³/mol. The molecule has 6 atom stereocenters. The van der Waals surface area contributed by atoms with Gasteiger partial charge in [-0.3, -0.25) is 14.4 Å². The van der Waals surface area contributed by atoms with Crippen LogP contribution in [0.5, 0.6) is 0 Å². The van der Waals surface area contributed by atoms with Crippen molar-refractivity contribution in [3.05, 3.63) is 84.4 Å². The van der Waals surface area contributed by atoms with Crippen molar-refractivity contribution >= 4 is 52.5 Å². The molecule has 0 aromatic heterocycles. The number of amides is 3. The van der Waals surface area contributed by atoms with Crippen LogP contribution in [-0.4, -0.2) is 69.0 Å². The van der Waals surface area contributed by atoms with Gasteiger partial charge in [0.1, 0.15) is 6.04 Å². The van der Waals surface area contributed by atoms with Crippen LogP contribution in [0.15, 0.2) is 73.8 Å². The summed E-state index contributed by atoms with van der Waals surface area (Å²) in [6.07, 6.45) is 4.64. The number of benzene rings is 2. The molecule has 3 aliphatic heterocycles. The molecule has 1 N–H and O–H groups in total. The minimum absolute atomic E-state index is 0.127. The fraction of sp³-hybridized carbons (Fsp3) is 0.457. The maximum atomic E-state index is 15.0. The highest BCUT2D eigenvalue weighted by Crippen LogP contribution is 2.72. The molecule has 0 radical (unpaired) electrons. The Labute approximate surface area is 269 Å². The van der Waals surface area contributed by atoms with Gasteiger partial charge in [0.25, 0.3) is 5.91 Å². The fourth-order valence-corrected chi connectivity index (χ4v) is 10.4. The van der Waals surface area contributed by atoms with Crippen molar-refractivity contribution in [2.24, 2.45) is 17.8 Å². The van der Waals surface area contributed by atoms with Crippen LogP contribution < -0.4 is 9.80 Å². The summed E-state index contributed by atoms with van der Waals surface area (Å²) >= 11 is 8.32. The summed E-state index contributed by atoms with van der Waals surface area (Å²) < 4.78 is -1.40. The van der Waals surface area contributed by atoms with Crippen LogP contribution in [0.1, 0.15) is 39.2 Å². The molecular formula is C35H42ClN3O4S. The summed E-state index contributed by atoms with van der Waals surface area (Å²) in [6, 6.07) is 13.4. The summed E-state index contributed by atoms with van der Waals surface area (Å²) in [5.74, 6) is -2.17. The standard InChI is InChI=1S/C35H42ClN3O4S/c1-7-19-37(24-14-10-9-11-15-24)31(41)27-28-32(42)39(26(21-40)22(3)4)30(35(28)18-17-34(27,6)44-35)33(43)38(20-8-2)29-23(5)13-12-16-25(29)36/h7-16,22,26-28,30,40H,1-2,17-21H2,3-6H3/t26-,27+,28-,30?,34-,35?/m0/s1. The number of halogens is 1. The first kappa shape index (κ1) is 32.3. The number of carbonyl (C=O) groups is 3. The number of nitrogens with zero attached hydrogens (tertiary/aromatic N) is 3. The highest BCUT2D eigenvalue weighted by atomic mass is 35.5. The molecule has 44 heavy (non-hydrogen) atoms. The second-order valence-corrected chi connectivity index (χ2v) is 15.0. The number of fused-ring (bicyclic) bond motifs is 1. The van der Waals surface area contributed by atoms with Crippen molar-refractivity contribution in [3.63, 3.8) is 0 Å². The molecular weight excluding hydrogens is 594 g/mol. The largest absolute Gasteiger partial charge is 0.394 e. The normalized spacial score (nSPS) is 27.8. The number of para-hydroxylation sites is 2. The lowest BCUT2D eigenvalue weighted by molar-refractivity contribution is -0.143. The van der Waals surface area contributed by atoms with Gasteiger partial charge in [-0.15, -0.1) is 24.9 Å². The average Bonchev–Trinajstić information content (AvgIpc) is 3.56. The maximum absolute atomic E-state index is 15.0. The van der Waals surface area contributed by atoms with Gasteiger partial charge in [0, 0.05) is 23.5 Å². The molecule has 2 bridgehead atoms. The second-order valence-electron chi connectivity index (χ2n) is 12.7. The summed E-state index contributed by atoms with van der Waals surface area (Å²) in [7, 11) is 0. The van der Waals surface area contributed by atoms with E-state index in [2.05, 4.69) is 20.1 Å². The van der Waals surface area contributed by atoms with Gasteiger partial charge in [-0.05, 0) is 56.4 Å². The van der Waals surface area contributed by atoms with Crippen LogP contribution in [0.4, 0.5) is 11.4 Å². The quantitative estimate of drug-likeness (QED) is 0.312. The molecule has 3 fully saturated rings. The molecule has 234 valence electrons. The lowest BCUT2D eigenvalue weighted by atomic mass is 9.66. The topological polar surface area (TPSA) is 81.2 Å². The van der Waals surface area contributed by atoms with Crippen molar-refractivity contribution in [1.29, 1.82) is 0 Å². The van der Waals surface area contributed by atoms with Crippen molar-refractivity contribution in [3.8, 4) is 0 Å². The summed E-state index contributed by atoms with van der Waals surface area (Å²) in [5, 5.41) is 11.1. The number of aryl methyl sites for hydroxylation is 1. The summed E-state index contributed by atoms with van der Waals surface area (Å²) in [4.78, 5) is 49.4. The van der Waals surface area contributed by atoms with Crippen LogP contribution >= 0.6 is 23.4 Å². The Hall–Kier alpha value is -3.07. The first-order valence-electron chi connectivity index (χ1n) is 15.2. The van der Waals surface area contributed by atoms with Gasteiger partial charge < -0.3 is 19.8 Å². The number of likely N-dealkylation sites (tertiary alicyclic amines) is 1. The number of thioether (sulfide) groups is 1. The molecule has 3 saturated heterocycles. The Bertz CT molecular complexity index is 1450. The van der Waals surface area contributed by atoms with Crippen molar-refractivity contribution in [1.82, 2.24) is 4.90 Å². The Balaban J connectivity index is 1.67. The Morgan fingerprint density at radius 1 is 1.07 bits per heavy atom. The van der Waals surface area contributed by atoms with Crippen LogP contribution in [0.25, 0.3) is 0 Å². The molecule has 0 saturated carbocycles. The van der Waals surface area contributed by atoms with E-state index in [0.29, 0.717) is 30.1 Å². The van der Waals surface area contributed by atoms with E-state index < -0.39 is 33.4 Å². The average molecular weight is 636 g/mol. The van der Waals surface area contributed by atoms with Gasteiger partial charge >= 0.3 is 0 Å². The minimum Gasteiger partial charge on any atom is -0.394 e. The molecule has 3 heterocycles. The Kier molecular flexibility index (Phi) is 9.09. The zero-order valence-electron chi connectivity index (χ0n) is 25.9. The third-order valence-corrected chi connectivity index (χ3v) is 12.0. The minimum atomic E-state index is -0.899. The highest BCUT2D eigenvalue weighted by molar-refractivity contribution is 8.02. The number of aliphatic hydroxyl groups is 1. The molecule has 2 aromatic carbocycles. The van der Waals surface area contributed by atoms with E-state index in [1.807, 2.05) is 63.2 Å². The SMILES string of the molecule is C=CCN(C(=O)[C@H]1[C@H]2C(=O)N([C@@H](CO)C(C)C)C(C(=O)N(CC=C)c3c(C)cccc3Cl)C23CC[C@]1(C)S3)c1ccccc1. The molecule has 0 aliphatic carbocycles. The first-order valence-corrected chi connectivity index (χ1v) is 16.4. The van der Waals surface area contributed by atoms with E-state index in [0.717, 1.165) is 11.3 Å². The summed E-state index contributed by atoms with van der Waals surface area (Å²) in [5.41, 5.74) is 2.14. The molecule has 1 spiro atoms. The number of hydrogen-bond acceptors (Lipinski definition) is 5. The van der Waals surface area contributed by atoms with Gasteiger partial charge in [-0.2, -0.15) is 0 Å². The fourth-order valence-electron chi connectivity index (χ4n) is 7.76. The lowest BCUT2D eigenvalue weighted by Crippen LogP contribution is -2.58. The van der Waals surface area contributed by atoms with Crippen LogP contribution in [0.3, 0.4) is 0 Å². The smallest absolute Gasteiger partial charge is 0.251 e. The van der Waals surface area contributed by atoms with Crippen LogP contribution in [-0.2, 0) is 14.4 Å². The van der Waals surface area contributed by atoms with Crippen molar-refractivity contribution in [2.75, 3.05) is 29.5 Å². The van der Waals surface area contributed by atoms with E-state index >= 15 is 4.79 Å². The number of aliphatic hydroxyl groups excluding tert-OH is 1. The summed E-state index contributed by atoms with van der Waals surface area (Å²) in [6.45, 7) is 15.8. The molecule has 3 aliphatic rings. The zero-order valence-corrected chi connectivity index (χ0v) is 27.5. The van der Waals surface area contributed by atoms with Crippen molar-refractivity contribution in [2.45, 2.75) is 62.1 Å². The van der Waals surface area contributed by atoms with Gasteiger partial charge in [0.2, 0.25) is 11.8 Å². The molecule has 3 amide bonds. The second kappa shape index (κ2) is 12.4. The van der Waals surface area contributed by atoms with E-state index in [4.69, 9.17) is 11.6 Å². The highest BCUT2D eigenvalue weighted by Gasteiger charge is 2.78. The molecule has 2 unspecified atom stereocenters. The maximum Gasteiger partial charge on any atom is 0.251 e. The monoisotopic (exact) mass is 635 g/mol. The van der Waals surface area contributed by atoms with E-state index in [1.165, 1.54) is 0 Å². The van der Waals surface area contributed by atoms with E-state index in [9.17, 15) is 14.7 Å². The number of hydrogen-bond donors (Lipinski definition) is 1. The van der Waals surface area contributed by atoms with Gasteiger partial charge in [0.05, 0.1) is 39.9 Å². The Morgan fingerprint density at radius 2 is 1.73 bits per heavy atom.